The van der Waals surface area contributed by atoms with Crippen molar-refractivity contribution in [1.29, 1.82) is 0 Å². The van der Waals surface area contributed by atoms with Gasteiger partial charge in [0.05, 0.1) is 6.04 Å². The summed E-state index contributed by atoms with van der Waals surface area (Å²) in [6, 6.07) is 29.9. The van der Waals surface area contributed by atoms with Gasteiger partial charge in [-0.2, -0.15) is 0 Å². The number of hydrogen-bond acceptors (Lipinski definition) is 2. The highest BCUT2D eigenvalue weighted by molar-refractivity contribution is 7.81. The zero-order valence-electron chi connectivity index (χ0n) is 14.8. The average Bonchev–Trinajstić information content (AvgIpc) is 2.69. The number of fused-ring (bicyclic) bond motifs is 1. The monoisotopic (exact) mass is 358 g/mol. The van der Waals surface area contributed by atoms with Crippen LogP contribution in [0.2, 0.25) is 0 Å². The van der Waals surface area contributed by atoms with Gasteiger partial charge in [0.15, 0.2) is 0 Å². The fourth-order valence-electron chi connectivity index (χ4n) is 3.71. The Morgan fingerprint density at radius 3 is 2.23 bits per heavy atom. The second kappa shape index (κ2) is 7.30. The first kappa shape index (κ1) is 16.8. The molecule has 2 nitrogen and oxygen atoms in total. The summed E-state index contributed by atoms with van der Waals surface area (Å²) >= 11 is 5.87. The standard InChI is InChI=1S/C23H22N2S/c1-17-16-21(24-19-12-6-3-7-13-19)20-14-8-9-15-22(20)25(17)23(26)18-10-4-2-5-11-18/h2-15,17,21,24H,16H2,1H3/t17-,21-/m1/s1. The third-order valence-corrected chi connectivity index (χ3v) is 5.38. The highest BCUT2D eigenvalue weighted by Crippen LogP contribution is 2.39. The number of benzene rings is 3. The van der Waals surface area contributed by atoms with Crippen molar-refractivity contribution in [1.82, 2.24) is 0 Å². The SMILES string of the molecule is C[C@@H]1C[C@@H](Nc2ccccc2)c2ccccc2N1C(=S)c1ccccc1. The van der Waals surface area contributed by atoms with E-state index in [2.05, 4.69) is 77.8 Å². The van der Waals surface area contributed by atoms with Crippen LogP contribution < -0.4 is 10.2 Å². The molecular weight excluding hydrogens is 336 g/mol. The second-order valence-corrected chi connectivity index (χ2v) is 7.13. The molecule has 0 bridgehead atoms. The number of anilines is 2. The molecule has 1 heterocycles. The van der Waals surface area contributed by atoms with Gasteiger partial charge in [-0.25, -0.2) is 0 Å². The Morgan fingerprint density at radius 1 is 0.885 bits per heavy atom. The predicted molar refractivity (Wildman–Crippen MR) is 114 cm³/mol. The molecule has 3 heteroatoms. The van der Waals surface area contributed by atoms with Crippen LogP contribution in [0.1, 0.15) is 30.5 Å². The first-order chi connectivity index (χ1) is 12.7. The lowest BCUT2D eigenvalue weighted by Crippen LogP contribution is -2.43. The minimum Gasteiger partial charge on any atom is -0.378 e. The van der Waals surface area contributed by atoms with Gasteiger partial charge in [0.2, 0.25) is 0 Å². The zero-order chi connectivity index (χ0) is 17.9. The summed E-state index contributed by atoms with van der Waals surface area (Å²) < 4.78 is 0. The molecule has 2 atom stereocenters. The van der Waals surface area contributed by atoms with E-state index in [1.807, 2.05) is 24.3 Å². The van der Waals surface area contributed by atoms with Crippen LogP contribution in [-0.2, 0) is 0 Å². The van der Waals surface area contributed by atoms with Crippen LogP contribution in [0.4, 0.5) is 11.4 Å². The third kappa shape index (κ3) is 3.23. The highest BCUT2D eigenvalue weighted by Gasteiger charge is 2.32. The van der Waals surface area contributed by atoms with Gasteiger partial charge in [-0.3, -0.25) is 0 Å². The Labute approximate surface area is 160 Å². The maximum atomic E-state index is 5.87. The molecule has 1 N–H and O–H groups in total. The highest BCUT2D eigenvalue weighted by atomic mass is 32.1. The average molecular weight is 359 g/mol. The summed E-state index contributed by atoms with van der Waals surface area (Å²) in [5.41, 5.74) is 4.75. The fourth-order valence-corrected chi connectivity index (χ4v) is 4.13. The fraction of sp³-hybridized carbons (Fsp3) is 0.174. The Bertz CT molecular complexity index is 892. The first-order valence-electron chi connectivity index (χ1n) is 9.03. The molecule has 0 spiro atoms. The zero-order valence-corrected chi connectivity index (χ0v) is 15.6. The van der Waals surface area contributed by atoms with Crippen molar-refractivity contribution in [2.75, 3.05) is 10.2 Å². The number of nitrogens with one attached hydrogen (secondary N) is 1. The lowest BCUT2D eigenvalue weighted by Gasteiger charge is -2.41. The molecule has 0 saturated heterocycles. The largest absolute Gasteiger partial charge is 0.378 e. The lowest BCUT2D eigenvalue weighted by molar-refractivity contribution is 0.564. The molecule has 1 aliphatic heterocycles. The van der Waals surface area contributed by atoms with Gasteiger partial charge in [0.25, 0.3) is 0 Å². The van der Waals surface area contributed by atoms with Crippen LogP contribution >= 0.6 is 12.2 Å². The smallest absolute Gasteiger partial charge is 0.113 e. The Hall–Kier alpha value is -2.65. The van der Waals surface area contributed by atoms with Crippen LogP contribution in [0.5, 0.6) is 0 Å². The van der Waals surface area contributed by atoms with Crippen molar-refractivity contribution >= 4 is 28.6 Å². The van der Waals surface area contributed by atoms with Crippen LogP contribution in [-0.4, -0.2) is 11.0 Å². The van der Waals surface area contributed by atoms with E-state index in [0.29, 0.717) is 6.04 Å². The van der Waals surface area contributed by atoms with Crippen LogP contribution in [0.25, 0.3) is 0 Å². The predicted octanol–water partition coefficient (Wildman–Crippen LogP) is 5.81. The van der Waals surface area contributed by atoms with Crippen molar-refractivity contribution in [3.05, 3.63) is 96.1 Å². The van der Waals surface area contributed by atoms with E-state index in [1.165, 1.54) is 11.3 Å². The van der Waals surface area contributed by atoms with E-state index in [4.69, 9.17) is 12.2 Å². The van der Waals surface area contributed by atoms with Gasteiger partial charge in [-0.05, 0) is 37.1 Å². The van der Waals surface area contributed by atoms with Gasteiger partial charge in [0, 0.05) is 23.0 Å². The number of thiocarbonyl (C=S) groups is 1. The Morgan fingerprint density at radius 2 is 1.50 bits per heavy atom. The summed E-state index contributed by atoms with van der Waals surface area (Å²) in [7, 11) is 0. The minimum atomic E-state index is 0.276. The number of rotatable bonds is 3. The van der Waals surface area contributed by atoms with Crippen molar-refractivity contribution in [2.24, 2.45) is 0 Å². The molecule has 26 heavy (non-hydrogen) atoms. The normalized spacial score (nSPS) is 18.9. The minimum absolute atomic E-state index is 0.276. The van der Waals surface area contributed by atoms with E-state index < -0.39 is 0 Å². The summed E-state index contributed by atoms with van der Waals surface area (Å²) in [5, 5.41) is 3.70. The molecule has 0 aliphatic carbocycles. The molecular formula is C23H22N2S. The third-order valence-electron chi connectivity index (χ3n) is 4.94. The van der Waals surface area contributed by atoms with Crippen molar-refractivity contribution in [3.63, 3.8) is 0 Å². The van der Waals surface area contributed by atoms with Crippen molar-refractivity contribution in [2.45, 2.75) is 25.4 Å². The molecule has 0 aromatic heterocycles. The Balaban J connectivity index is 1.69. The summed E-state index contributed by atoms with van der Waals surface area (Å²) in [5.74, 6) is 0. The van der Waals surface area contributed by atoms with Gasteiger partial charge < -0.3 is 10.2 Å². The maximum Gasteiger partial charge on any atom is 0.113 e. The van der Waals surface area contributed by atoms with E-state index in [1.54, 1.807) is 0 Å². The van der Waals surface area contributed by atoms with Gasteiger partial charge >= 0.3 is 0 Å². The van der Waals surface area contributed by atoms with Crippen molar-refractivity contribution in [3.8, 4) is 0 Å². The van der Waals surface area contributed by atoms with Crippen LogP contribution in [0, 0.1) is 0 Å². The molecule has 0 saturated carbocycles. The lowest BCUT2D eigenvalue weighted by atomic mass is 9.91. The number of nitrogens with zero attached hydrogens (tertiary/aromatic N) is 1. The molecule has 3 aromatic rings. The molecule has 3 aromatic carbocycles. The summed E-state index contributed by atoms with van der Waals surface area (Å²) in [6.45, 7) is 2.25. The Kier molecular flexibility index (Phi) is 4.72. The molecule has 4 rings (SSSR count). The molecule has 0 fully saturated rings. The van der Waals surface area contributed by atoms with Crippen LogP contribution in [0.3, 0.4) is 0 Å². The molecule has 130 valence electrons. The molecule has 0 amide bonds. The number of para-hydroxylation sites is 2. The first-order valence-corrected chi connectivity index (χ1v) is 9.44. The van der Waals surface area contributed by atoms with E-state index in [9.17, 15) is 0 Å². The topological polar surface area (TPSA) is 15.3 Å². The summed E-state index contributed by atoms with van der Waals surface area (Å²) in [6.07, 6.45) is 0.999. The van der Waals surface area contributed by atoms with E-state index in [0.717, 1.165) is 22.7 Å². The van der Waals surface area contributed by atoms with Gasteiger partial charge in [0.1, 0.15) is 4.99 Å². The van der Waals surface area contributed by atoms with Crippen LogP contribution in [0.15, 0.2) is 84.9 Å². The second-order valence-electron chi connectivity index (χ2n) is 6.75. The molecule has 0 radical (unpaired) electrons. The van der Waals surface area contributed by atoms with E-state index in [-0.39, 0.29) is 6.04 Å². The van der Waals surface area contributed by atoms with Gasteiger partial charge in [-0.1, -0.05) is 78.9 Å². The summed E-state index contributed by atoms with van der Waals surface area (Å²) in [4.78, 5) is 3.20. The van der Waals surface area contributed by atoms with E-state index >= 15 is 0 Å². The molecule has 1 aliphatic rings. The maximum absolute atomic E-state index is 5.87. The number of hydrogen-bond donors (Lipinski definition) is 1. The molecule has 0 unspecified atom stereocenters. The van der Waals surface area contributed by atoms with Crippen molar-refractivity contribution < 1.29 is 0 Å². The quantitative estimate of drug-likeness (QED) is 0.594. The van der Waals surface area contributed by atoms with Gasteiger partial charge in [-0.15, -0.1) is 0 Å².